The second-order valence-electron chi connectivity index (χ2n) is 4.71. The first kappa shape index (κ1) is 15.1. The van der Waals surface area contributed by atoms with Crippen LogP contribution in [0.5, 0.6) is 0 Å². The van der Waals surface area contributed by atoms with Crippen molar-refractivity contribution in [1.29, 1.82) is 0 Å². The molecule has 0 radical (unpaired) electrons. The molecule has 0 aliphatic carbocycles. The summed E-state index contributed by atoms with van der Waals surface area (Å²) in [5.74, 6) is 0.0257. The minimum atomic E-state index is -3.26. The minimum Gasteiger partial charge on any atom is -0.356 e. The standard InChI is InChI=1S/C15H16N2O3S/c1-11(18)12-3-5-13(6-4-12)16-14-7-9-15(10-8-14)17-21(2,19)20/h3-10,16-17H,1-2H3. The largest absolute Gasteiger partial charge is 0.356 e. The minimum absolute atomic E-state index is 0.0257. The maximum absolute atomic E-state index is 11.2. The Morgan fingerprint density at radius 1 is 0.857 bits per heavy atom. The summed E-state index contributed by atoms with van der Waals surface area (Å²) < 4.78 is 24.6. The molecule has 0 aromatic heterocycles. The van der Waals surface area contributed by atoms with E-state index in [1.807, 2.05) is 12.1 Å². The number of hydrogen-bond acceptors (Lipinski definition) is 4. The number of carbonyl (C=O) groups excluding carboxylic acids is 1. The van der Waals surface area contributed by atoms with Crippen molar-refractivity contribution in [2.24, 2.45) is 0 Å². The Morgan fingerprint density at radius 3 is 1.71 bits per heavy atom. The van der Waals surface area contributed by atoms with E-state index < -0.39 is 10.0 Å². The molecule has 21 heavy (non-hydrogen) atoms. The lowest BCUT2D eigenvalue weighted by Crippen LogP contribution is -2.09. The van der Waals surface area contributed by atoms with Crippen molar-refractivity contribution in [2.75, 3.05) is 16.3 Å². The third-order valence-electron chi connectivity index (χ3n) is 2.77. The first-order valence-corrected chi connectivity index (χ1v) is 8.18. The average molecular weight is 304 g/mol. The number of nitrogens with one attached hydrogen (secondary N) is 2. The van der Waals surface area contributed by atoms with Crippen molar-refractivity contribution >= 4 is 32.9 Å². The zero-order valence-corrected chi connectivity index (χ0v) is 12.6. The van der Waals surface area contributed by atoms with Gasteiger partial charge in [-0.15, -0.1) is 0 Å². The van der Waals surface area contributed by atoms with Crippen molar-refractivity contribution in [3.05, 3.63) is 54.1 Å². The zero-order chi connectivity index (χ0) is 15.5. The van der Waals surface area contributed by atoms with E-state index in [-0.39, 0.29) is 5.78 Å². The summed E-state index contributed by atoms with van der Waals surface area (Å²) >= 11 is 0. The van der Waals surface area contributed by atoms with Gasteiger partial charge in [0.1, 0.15) is 0 Å². The third kappa shape index (κ3) is 4.61. The van der Waals surface area contributed by atoms with Gasteiger partial charge in [0.05, 0.1) is 6.26 Å². The fraction of sp³-hybridized carbons (Fsp3) is 0.133. The number of Topliss-reactive ketones (excluding diaryl/α,β-unsaturated/α-hetero) is 1. The average Bonchev–Trinajstić information content (AvgIpc) is 2.40. The Kier molecular flexibility index (Phi) is 4.28. The van der Waals surface area contributed by atoms with E-state index in [2.05, 4.69) is 10.0 Å². The predicted molar refractivity (Wildman–Crippen MR) is 84.6 cm³/mol. The summed E-state index contributed by atoms with van der Waals surface area (Å²) in [6.45, 7) is 1.52. The highest BCUT2D eigenvalue weighted by atomic mass is 32.2. The second kappa shape index (κ2) is 5.97. The normalized spacial score (nSPS) is 11.0. The van der Waals surface area contributed by atoms with Crippen LogP contribution in [0.25, 0.3) is 0 Å². The van der Waals surface area contributed by atoms with E-state index >= 15 is 0 Å². The Bertz CT molecular complexity index is 735. The summed E-state index contributed by atoms with van der Waals surface area (Å²) in [6.07, 6.45) is 1.11. The topological polar surface area (TPSA) is 75.3 Å². The van der Waals surface area contributed by atoms with Gasteiger partial charge in [-0.3, -0.25) is 9.52 Å². The van der Waals surface area contributed by atoms with Crippen LogP contribution in [-0.4, -0.2) is 20.5 Å². The molecule has 0 aliphatic rings. The Labute approximate surface area is 124 Å². The number of rotatable bonds is 5. The zero-order valence-electron chi connectivity index (χ0n) is 11.8. The number of carbonyl (C=O) groups is 1. The van der Waals surface area contributed by atoms with Gasteiger partial charge in [0, 0.05) is 22.6 Å². The van der Waals surface area contributed by atoms with Gasteiger partial charge >= 0.3 is 0 Å². The summed E-state index contributed by atoms with van der Waals surface area (Å²) in [5.41, 5.74) is 2.84. The molecule has 2 aromatic rings. The molecular weight excluding hydrogens is 288 g/mol. The highest BCUT2D eigenvalue weighted by molar-refractivity contribution is 7.92. The van der Waals surface area contributed by atoms with Crippen molar-refractivity contribution in [3.63, 3.8) is 0 Å². The number of anilines is 3. The van der Waals surface area contributed by atoms with Gasteiger partial charge in [0.25, 0.3) is 0 Å². The van der Waals surface area contributed by atoms with Crippen LogP contribution in [0.2, 0.25) is 0 Å². The fourth-order valence-corrected chi connectivity index (χ4v) is 2.35. The van der Waals surface area contributed by atoms with E-state index in [0.29, 0.717) is 11.3 Å². The van der Waals surface area contributed by atoms with Crippen LogP contribution < -0.4 is 10.0 Å². The first-order valence-electron chi connectivity index (χ1n) is 6.29. The lowest BCUT2D eigenvalue weighted by molar-refractivity contribution is 0.101. The molecule has 0 amide bonds. The van der Waals surface area contributed by atoms with Crippen LogP contribution in [0.4, 0.5) is 17.1 Å². The van der Waals surface area contributed by atoms with Crippen molar-refractivity contribution in [2.45, 2.75) is 6.92 Å². The van der Waals surface area contributed by atoms with Gasteiger partial charge in [-0.1, -0.05) is 0 Å². The van der Waals surface area contributed by atoms with E-state index in [0.717, 1.165) is 17.6 Å². The molecule has 6 heteroatoms. The molecule has 2 aromatic carbocycles. The first-order chi connectivity index (χ1) is 9.83. The quantitative estimate of drug-likeness (QED) is 0.833. The molecule has 0 saturated heterocycles. The molecular formula is C15H16N2O3S. The van der Waals surface area contributed by atoms with Gasteiger partial charge in [0.15, 0.2) is 5.78 Å². The smallest absolute Gasteiger partial charge is 0.229 e. The molecule has 0 fully saturated rings. The van der Waals surface area contributed by atoms with Crippen molar-refractivity contribution in [1.82, 2.24) is 0 Å². The molecule has 2 rings (SSSR count). The van der Waals surface area contributed by atoms with Gasteiger partial charge in [0.2, 0.25) is 10.0 Å². The third-order valence-corrected chi connectivity index (χ3v) is 3.37. The van der Waals surface area contributed by atoms with Crippen LogP contribution >= 0.6 is 0 Å². The molecule has 110 valence electrons. The highest BCUT2D eigenvalue weighted by Crippen LogP contribution is 2.20. The SMILES string of the molecule is CC(=O)c1ccc(Nc2ccc(NS(C)(=O)=O)cc2)cc1. The number of hydrogen-bond donors (Lipinski definition) is 2. The van der Waals surface area contributed by atoms with Crippen LogP contribution in [0, 0.1) is 0 Å². The van der Waals surface area contributed by atoms with Gasteiger partial charge in [-0.25, -0.2) is 8.42 Å². The van der Waals surface area contributed by atoms with Gasteiger partial charge in [-0.05, 0) is 55.5 Å². The monoisotopic (exact) mass is 304 g/mol. The van der Waals surface area contributed by atoms with Crippen LogP contribution in [0.1, 0.15) is 17.3 Å². The summed E-state index contributed by atoms with van der Waals surface area (Å²) in [4.78, 5) is 11.2. The molecule has 0 bridgehead atoms. The lowest BCUT2D eigenvalue weighted by Gasteiger charge is -2.08. The molecule has 0 saturated carbocycles. The van der Waals surface area contributed by atoms with Crippen LogP contribution in [0.15, 0.2) is 48.5 Å². The predicted octanol–water partition coefficient (Wildman–Crippen LogP) is 3.00. The van der Waals surface area contributed by atoms with E-state index in [1.165, 1.54) is 6.92 Å². The van der Waals surface area contributed by atoms with E-state index in [1.54, 1.807) is 36.4 Å². The lowest BCUT2D eigenvalue weighted by atomic mass is 10.1. The van der Waals surface area contributed by atoms with Crippen molar-refractivity contribution < 1.29 is 13.2 Å². The van der Waals surface area contributed by atoms with Gasteiger partial charge < -0.3 is 5.32 Å². The summed E-state index contributed by atoms with van der Waals surface area (Å²) in [5, 5.41) is 3.17. The van der Waals surface area contributed by atoms with Crippen LogP contribution in [0.3, 0.4) is 0 Å². The molecule has 0 spiro atoms. The summed E-state index contributed by atoms with van der Waals surface area (Å²) in [7, 11) is -3.26. The maximum atomic E-state index is 11.2. The van der Waals surface area contributed by atoms with E-state index in [9.17, 15) is 13.2 Å². The second-order valence-corrected chi connectivity index (χ2v) is 6.46. The molecule has 2 N–H and O–H groups in total. The molecule has 5 nitrogen and oxygen atoms in total. The van der Waals surface area contributed by atoms with Crippen LogP contribution in [-0.2, 0) is 10.0 Å². The molecule has 0 atom stereocenters. The Hall–Kier alpha value is -2.34. The Morgan fingerprint density at radius 2 is 1.29 bits per heavy atom. The number of ketones is 1. The maximum Gasteiger partial charge on any atom is 0.229 e. The fourth-order valence-electron chi connectivity index (χ4n) is 1.79. The van der Waals surface area contributed by atoms with Gasteiger partial charge in [-0.2, -0.15) is 0 Å². The number of benzene rings is 2. The number of sulfonamides is 1. The van der Waals surface area contributed by atoms with E-state index in [4.69, 9.17) is 0 Å². The Balaban J connectivity index is 2.08. The molecule has 0 unspecified atom stereocenters. The molecule has 0 heterocycles. The summed E-state index contributed by atoms with van der Waals surface area (Å²) in [6, 6.07) is 14.0. The van der Waals surface area contributed by atoms with Crippen molar-refractivity contribution in [3.8, 4) is 0 Å². The molecule has 0 aliphatic heterocycles. The highest BCUT2D eigenvalue weighted by Gasteiger charge is 2.02.